The molecule has 1 aromatic rings. The number of hydrogen-bond donors (Lipinski definition) is 0. The molecule has 0 atom stereocenters. The minimum absolute atomic E-state index is 0.0419. The molecule has 0 bridgehead atoms. The van der Waals surface area contributed by atoms with Gasteiger partial charge in [0, 0.05) is 15.6 Å². The number of nitro benzene ring substituents is 1. The zero-order chi connectivity index (χ0) is 12.3. The van der Waals surface area contributed by atoms with Crippen LogP contribution in [0, 0.1) is 17.0 Å². The number of carbonyl (C=O) groups is 1. The van der Waals surface area contributed by atoms with Crippen molar-refractivity contribution < 1.29 is 14.5 Å². The highest BCUT2D eigenvalue weighted by atomic mass is 79.9. The molecule has 86 valence electrons. The summed E-state index contributed by atoms with van der Waals surface area (Å²) in [6.45, 7) is 1.63. The minimum atomic E-state index is -0.496. The van der Waals surface area contributed by atoms with Crippen molar-refractivity contribution >= 4 is 27.6 Å². The van der Waals surface area contributed by atoms with Gasteiger partial charge < -0.3 is 4.74 Å². The Kier molecular flexibility index (Phi) is 4.00. The lowest BCUT2D eigenvalue weighted by Gasteiger charge is -2.05. The third-order valence-corrected chi connectivity index (χ3v) is 3.05. The van der Waals surface area contributed by atoms with Crippen LogP contribution in [0.25, 0.3) is 0 Å². The van der Waals surface area contributed by atoms with Crippen molar-refractivity contribution in [2.75, 3.05) is 7.11 Å². The molecule has 0 radical (unpaired) electrons. The van der Waals surface area contributed by atoms with Gasteiger partial charge in [-0.3, -0.25) is 14.9 Å². The Labute approximate surface area is 101 Å². The average molecular weight is 288 g/mol. The van der Waals surface area contributed by atoms with Gasteiger partial charge in [-0.05, 0) is 13.0 Å². The van der Waals surface area contributed by atoms with Crippen LogP contribution in [0.4, 0.5) is 5.69 Å². The third-order valence-electron chi connectivity index (χ3n) is 2.19. The van der Waals surface area contributed by atoms with Gasteiger partial charge in [-0.2, -0.15) is 0 Å². The van der Waals surface area contributed by atoms with E-state index in [9.17, 15) is 14.9 Å². The fourth-order valence-electron chi connectivity index (χ4n) is 1.36. The number of ether oxygens (including phenoxy) is 1. The van der Waals surface area contributed by atoms with Crippen molar-refractivity contribution in [2.24, 2.45) is 0 Å². The summed E-state index contributed by atoms with van der Waals surface area (Å²) < 4.78 is 5.13. The molecule has 0 aliphatic carbocycles. The number of hydrogen-bond acceptors (Lipinski definition) is 4. The van der Waals surface area contributed by atoms with Crippen LogP contribution in [0.1, 0.15) is 11.1 Å². The van der Waals surface area contributed by atoms with E-state index in [1.165, 1.54) is 7.11 Å². The summed E-state index contributed by atoms with van der Waals surface area (Å²) in [7, 11) is 1.25. The van der Waals surface area contributed by atoms with Gasteiger partial charge in [0.15, 0.2) is 0 Å². The van der Waals surface area contributed by atoms with Gasteiger partial charge in [0.1, 0.15) is 0 Å². The van der Waals surface area contributed by atoms with Crippen molar-refractivity contribution in [3.63, 3.8) is 0 Å². The SMILES string of the molecule is COC(=O)Cc1ccc(Br)c(C)c1[N+](=O)[O-]. The first-order valence-corrected chi connectivity index (χ1v) is 5.26. The lowest BCUT2D eigenvalue weighted by Crippen LogP contribution is -2.07. The molecule has 0 unspecified atom stereocenters. The second-order valence-electron chi connectivity index (χ2n) is 3.19. The molecule has 1 rings (SSSR count). The number of nitro groups is 1. The predicted molar refractivity (Wildman–Crippen MR) is 61.3 cm³/mol. The first-order chi connectivity index (χ1) is 7.47. The summed E-state index contributed by atoms with van der Waals surface area (Å²) in [4.78, 5) is 21.5. The molecular weight excluding hydrogens is 278 g/mol. The molecule has 0 saturated carbocycles. The average Bonchev–Trinajstić information content (AvgIpc) is 2.23. The van der Waals surface area contributed by atoms with Gasteiger partial charge in [-0.1, -0.05) is 22.0 Å². The molecule has 0 aliphatic heterocycles. The molecule has 0 aliphatic rings. The summed E-state index contributed by atoms with van der Waals surface area (Å²) in [6.07, 6.45) is -0.0963. The number of nitrogens with zero attached hydrogens (tertiary/aromatic N) is 1. The maximum atomic E-state index is 11.1. The van der Waals surface area contributed by atoms with Crippen LogP contribution in [-0.4, -0.2) is 18.0 Å². The largest absolute Gasteiger partial charge is 0.469 e. The van der Waals surface area contributed by atoms with Crippen LogP contribution in [0.5, 0.6) is 0 Å². The predicted octanol–water partition coefficient (Wildman–Crippen LogP) is 2.38. The zero-order valence-electron chi connectivity index (χ0n) is 8.82. The van der Waals surface area contributed by atoms with Crippen LogP contribution in [-0.2, 0) is 16.0 Å². The molecule has 0 saturated heterocycles. The fraction of sp³-hybridized carbons (Fsp3) is 0.300. The number of halogens is 1. The van der Waals surface area contributed by atoms with Crippen LogP contribution in [0.15, 0.2) is 16.6 Å². The van der Waals surface area contributed by atoms with Crippen molar-refractivity contribution in [3.8, 4) is 0 Å². The van der Waals surface area contributed by atoms with Gasteiger partial charge in [0.05, 0.1) is 18.5 Å². The number of rotatable bonds is 3. The maximum absolute atomic E-state index is 11.1. The Morgan fingerprint density at radius 3 is 2.69 bits per heavy atom. The van der Waals surface area contributed by atoms with Crippen molar-refractivity contribution in [1.82, 2.24) is 0 Å². The van der Waals surface area contributed by atoms with E-state index in [4.69, 9.17) is 0 Å². The summed E-state index contributed by atoms with van der Waals surface area (Å²) in [5.74, 6) is -0.496. The number of esters is 1. The van der Waals surface area contributed by atoms with Crippen molar-refractivity contribution in [3.05, 3.63) is 37.8 Å². The Morgan fingerprint density at radius 2 is 2.19 bits per heavy atom. The lowest BCUT2D eigenvalue weighted by atomic mass is 10.1. The van der Waals surface area contributed by atoms with E-state index in [1.54, 1.807) is 19.1 Å². The normalized spacial score (nSPS) is 9.94. The van der Waals surface area contributed by atoms with Crippen LogP contribution in [0.3, 0.4) is 0 Å². The molecule has 0 spiro atoms. The zero-order valence-corrected chi connectivity index (χ0v) is 10.4. The van der Waals surface area contributed by atoms with Crippen LogP contribution >= 0.6 is 15.9 Å². The quantitative estimate of drug-likeness (QED) is 0.486. The number of methoxy groups -OCH3 is 1. The van der Waals surface area contributed by atoms with Crippen molar-refractivity contribution in [2.45, 2.75) is 13.3 Å². The molecule has 1 aromatic carbocycles. The summed E-state index contributed by atoms with van der Waals surface area (Å²) in [6, 6.07) is 3.23. The first-order valence-electron chi connectivity index (χ1n) is 4.46. The molecule has 0 heterocycles. The van der Waals surface area contributed by atoms with E-state index in [0.717, 1.165) is 0 Å². The molecule has 0 fully saturated rings. The van der Waals surface area contributed by atoms with Gasteiger partial charge in [0.25, 0.3) is 5.69 Å². The molecule has 0 amide bonds. The van der Waals surface area contributed by atoms with Crippen molar-refractivity contribution in [1.29, 1.82) is 0 Å². The molecule has 0 N–H and O–H groups in total. The van der Waals surface area contributed by atoms with E-state index in [0.29, 0.717) is 15.6 Å². The molecular formula is C10H10BrNO4. The topological polar surface area (TPSA) is 69.4 Å². The number of benzene rings is 1. The van der Waals surface area contributed by atoms with Gasteiger partial charge in [0.2, 0.25) is 0 Å². The van der Waals surface area contributed by atoms with E-state index in [1.807, 2.05) is 0 Å². The lowest BCUT2D eigenvalue weighted by molar-refractivity contribution is -0.386. The van der Waals surface area contributed by atoms with Crippen LogP contribution in [0.2, 0.25) is 0 Å². The summed E-state index contributed by atoms with van der Waals surface area (Å²) in [5.41, 5.74) is 0.823. The highest BCUT2D eigenvalue weighted by Crippen LogP contribution is 2.30. The van der Waals surface area contributed by atoms with Gasteiger partial charge in [-0.25, -0.2) is 0 Å². The first kappa shape index (κ1) is 12.6. The molecule has 6 heteroatoms. The second kappa shape index (κ2) is 5.07. The standard InChI is InChI=1S/C10H10BrNO4/c1-6-8(11)4-3-7(5-9(13)16-2)10(6)12(14)15/h3-4H,5H2,1-2H3. The van der Waals surface area contributed by atoms with E-state index >= 15 is 0 Å². The Morgan fingerprint density at radius 1 is 1.56 bits per heavy atom. The summed E-state index contributed by atoms with van der Waals surface area (Å²) in [5, 5.41) is 10.9. The maximum Gasteiger partial charge on any atom is 0.310 e. The smallest absolute Gasteiger partial charge is 0.310 e. The highest BCUT2D eigenvalue weighted by Gasteiger charge is 2.21. The molecule has 0 aromatic heterocycles. The van der Waals surface area contributed by atoms with E-state index in [2.05, 4.69) is 20.7 Å². The Hall–Kier alpha value is -1.43. The highest BCUT2D eigenvalue weighted by molar-refractivity contribution is 9.10. The second-order valence-corrected chi connectivity index (χ2v) is 4.04. The minimum Gasteiger partial charge on any atom is -0.469 e. The van der Waals surface area contributed by atoms with Gasteiger partial charge >= 0.3 is 5.97 Å². The van der Waals surface area contributed by atoms with Gasteiger partial charge in [-0.15, -0.1) is 0 Å². The molecule has 16 heavy (non-hydrogen) atoms. The van der Waals surface area contributed by atoms with Crippen LogP contribution < -0.4 is 0 Å². The summed E-state index contributed by atoms with van der Waals surface area (Å²) >= 11 is 3.21. The Balaban J connectivity index is 3.23. The number of carbonyl (C=O) groups excluding carboxylic acids is 1. The monoisotopic (exact) mass is 287 g/mol. The van der Waals surface area contributed by atoms with E-state index in [-0.39, 0.29) is 12.1 Å². The van der Waals surface area contributed by atoms with E-state index < -0.39 is 10.9 Å². The molecule has 5 nitrogen and oxygen atoms in total. The Bertz CT molecular complexity index is 445. The fourth-order valence-corrected chi connectivity index (χ4v) is 1.68. The third kappa shape index (κ3) is 2.57.